The molecule has 0 aliphatic rings. The van der Waals surface area contributed by atoms with Crippen LogP contribution in [0.5, 0.6) is 5.75 Å². The smallest absolute Gasteiger partial charge is 0.260 e. The molecule has 0 unspecified atom stereocenters. The summed E-state index contributed by atoms with van der Waals surface area (Å²) in [6.45, 7) is 3.94. The maximum Gasteiger partial charge on any atom is 0.260 e. The van der Waals surface area contributed by atoms with Crippen molar-refractivity contribution in [3.05, 3.63) is 41.1 Å². The standard InChI is InChI=1S/C14H17N3O2/c1-4-10-8-15-17-13(10)16-14(18)11-7-9(2)5-6-12(11)19-3/h5-8H,4H2,1-3H3,(H2,15,16,17,18). The molecule has 0 saturated carbocycles. The summed E-state index contributed by atoms with van der Waals surface area (Å²) in [5.74, 6) is 0.983. The number of hydrogen-bond donors (Lipinski definition) is 2. The Kier molecular flexibility index (Phi) is 3.85. The van der Waals surface area contributed by atoms with E-state index in [-0.39, 0.29) is 5.91 Å². The van der Waals surface area contributed by atoms with Crippen LogP contribution in [0.3, 0.4) is 0 Å². The molecule has 0 saturated heterocycles. The normalized spacial score (nSPS) is 10.3. The first-order chi connectivity index (χ1) is 9.15. The lowest BCUT2D eigenvalue weighted by Crippen LogP contribution is -2.14. The molecule has 0 aliphatic carbocycles. The highest BCUT2D eigenvalue weighted by Crippen LogP contribution is 2.21. The first kappa shape index (κ1) is 13.1. The molecule has 0 bridgehead atoms. The second-order valence-electron chi connectivity index (χ2n) is 4.28. The van der Waals surface area contributed by atoms with Crippen LogP contribution in [0.2, 0.25) is 0 Å². The van der Waals surface area contributed by atoms with Gasteiger partial charge in [-0.3, -0.25) is 9.89 Å². The van der Waals surface area contributed by atoms with Crippen molar-refractivity contribution in [1.29, 1.82) is 0 Å². The fourth-order valence-electron chi connectivity index (χ4n) is 1.87. The summed E-state index contributed by atoms with van der Waals surface area (Å²) < 4.78 is 5.21. The number of benzene rings is 1. The van der Waals surface area contributed by atoms with Crippen molar-refractivity contribution in [3.8, 4) is 5.75 Å². The Morgan fingerprint density at radius 2 is 2.26 bits per heavy atom. The van der Waals surface area contributed by atoms with Crippen molar-refractivity contribution in [2.24, 2.45) is 0 Å². The monoisotopic (exact) mass is 259 g/mol. The topological polar surface area (TPSA) is 67.0 Å². The van der Waals surface area contributed by atoms with E-state index in [9.17, 15) is 4.79 Å². The van der Waals surface area contributed by atoms with Crippen molar-refractivity contribution >= 4 is 11.7 Å². The van der Waals surface area contributed by atoms with Gasteiger partial charge in [-0.2, -0.15) is 5.10 Å². The highest BCUT2D eigenvalue weighted by molar-refractivity contribution is 6.06. The molecule has 2 N–H and O–H groups in total. The second-order valence-corrected chi connectivity index (χ2v) is 4.28. The van der Waals surface area contributed by atoms with Gasteiger partial charge in [0.1, 0.15) is 11.6 Å². The summed E-state index contributed by atoms with van der Waals surface area (Å²) >= 11 is 0. The number of methoxy groups -OCH3 is 1. The molecular formula is C14H17N3O2. The predicted molar refractivity (Wildman–Crippen MR) is 73.6 cm³/mol. The summed E-state index contributed by atoms with van der Waals surface area (Å²) in [5, 5.41) is 9.54. The summed E-state index contributed by atoms with van der Waals surface area (Å²) in [5.41, 5.74) is 2.49. The molecular weight excluding hydrogens is 242 g/mol. The Labute approximate surface area is 112 Å². The van der Waals surface area contributed by atoms with Crippen molar-refractivity contribution in [1.82, 2.24) is 10.2 Å². The van der Waals surface area contributed by atoms with Crippen LogP contribution in [0.25, 0.3) is 0 Å². The number of nitrogens with zero attached hydrogens (tertiary/aromatic N) is 1. The summed E-state index contributed by atoms with van der Waals surface area (Å²) in [6, 6.07) is 5.50. The quantitative estimate of drug-likeness (QED) is 0.886. The molecule has 1 heterocycles. The Bertz CT molecular complexity index is 590. The minimum atomic E-state index is -0.209. The molecule has 100 valence electrons. The largest absolute Gasteiger partial charge is 0.496 e. The van der Waals surface area contributed by atoms with Crippen LogP contribution >= 0.6 is 0 Å². The highest BCUT2D eigenvalue weighted by Gasteiger charge is 2.14. The van der Waals surface area contributed by atoms with Crippen molar-refractivity contribution in [2.45, 2.75) is 20.3 Å². The van der Waals surface area contributed by atoms with Crippen LogP contribution in [0.15, 0.2) is 24.4 Å². The maximum absolute atomic E-state index is 12.3. The Morgan fingerprint density at radius 3 is 2.95 bits per heavy atom. The summed E-state index contributed by atoms with van der Waals surface area (Å²) in [7, 11) is 1.55. The Balaban J connectivity index is 2.27. The van der Waals surface area contributed by atoms with Gasteiger partial charge in [0.05, 0.1) is 18.9 Å². The van der Waals surface area contributed by atoms with Gasteiger partial charge >= 0.3 is 0 Å². The van der Waals surface area contributed by atoms with E-state index in [2.05, 4.69) is 15.5 Å². The minimum Gasteiger partial charge on any atom is -0.496 e. The lowest BCUT2D eigenvalue weighted by molar-refractivity contribution is 0.102. The number of carbonyl (C=O) groups is 1. The van der Waals surface area contributed by atoms with E-state index in [1.807, 2.05) is 19.9 Å². The van der Waals surface area contributed by atoms with Gasteiger partial charge < -0.3 is 10.1 Å². The molecule has 0 radical (unpaired) electrons. The molecule has 1 aromatic carbocycles. The van der Waals surface area contributed by atoms with Gasteiger partial charge in [-0.15, -0.1) is 0 Å². The third kappa shape index (κ3) is 2.76. The van der Waals surface area contributed by atoms with Crippen LogP contribution in [-0.4, -0.2) is 23.2 Å². The lowest BCUT2D eigenvalue weighted by Gasteiger charge is -2.10. The zero-order valence-electron chi connectivity index (χ0n) is 11.3. The third-order valence-corrected chi connectivity index (χ3v) is 2.94. The second kappa shape index (κ2) is 5.56. The van der Waals surface area contributed by atoms with Gasteiger partial charge in [0, 0.05) is 5.56 Å². The number of aromatic nitrogens is 2. The molecule has 1 amide bonds. The zero-order chi connectivity index (χ0) is 13.8. The first-order valence-electron chi connectivity index (χ1n) is 6.14. The molecule has 2 aromatic rings. The van der Waals surface area contributed by atoms with Gasteiger partial charge in [-0.25, -0.2) is 0 Å². The molecule has 0 aliphatic heterocycles. The van der Waals surface area contributed by atoms with Gasteiger partial charge in [0.15, 0.2) is 0 Å². The molecule has 1 aromatic heterocycles. The lowest BCUT2D eigenvalue weighted by atomic mass is 10.1. The number of rotatable bonds is 4. The number of anilines is 1. The average Bonchev–Trinajstić information content (AvgIpc) is 2.85. The van der Waals surface area contributed by atoms with Crippen LogP contribution in [0.1, 0.15) is 28.4 Å². The average molecular weight is 259 g/mol. The highest BCUT2D eigenvalue weighted by atomic mass is 16.5. The van der Waals surface area contributed by atoms with E-state index in [1.54, 1.807) is 25.4 Å². The maximum atomic E-state index is 12.3. The Morgan fingerprint density at radius 1 is 1.47 bits per heavy atom. The van der Waals surface area contributed by atoms with Crippen molar-refractivity contribution in [3.63, 3.8) is 0 Å². The minimum absolute atomic E-state index is 0.209. The van der Waals surface area contributed by atoms with E-state index >= 15 is 0 Å². The number of aromatic amines is 1. The van der Waals surface area contributed by atoms with E-state index in [1.165, 1.54) is 0 Å². The van der Waals surface area contributed by atoms with Crippen molar-refractivity contribution < 1.29 is 9.53 Å². The number of ether oxygens (including phenoxy) is 1. The summed E-state index contributed by atoms with van der Waals surface area (Å²) in [4.78, 5) is 12.3. The number of carbonyl (C=O) groups excluding carboxylic acids is 1. The molecule has 5 heteroatoms. The van der Waals surface area contributed by atoms with Crippen LogP contribution in [-0.2, 0) is 6.42 Å². The number of nitrogens with one attached hydrogen (secondary N) is 2. The van der Waals surface area contributed by atoms with Gasteiger partial charge in [0.25, 0.3) is 5.91 Å². The van der Waals surface area contributed by atoms with Crippen LogP contribution in [0.4, 0.5) is 5.82 Å². The van der Waals surface area contributed by atoms with Gasteiger partial charge in [-0.05, 0) is 25.5 Å². The van der Waals surface area contributed by atoms with Crippen LogP contribution in [0, 0.1) is 6.92 Å². The van der Waals surface area contributed by atoms with E-state index in [4.69, 9.17) is 4.74 Å². The van der Waals surface area contributed by atoms with E-state index < -0.39 is 0 Å². The fourth-order valence-corrected chi connectivity index (χ4v) is 1.87. The molecule has 5 nitrogen and oxygen atoms in total. The third-order valence-electron chi connectivity index (χ3n) is 2.94. The molecule has 0 atom stereocenters. The molecule has 0 fully saturated rings. The van der Waals surface area contributed by atoms with Gasteiger partial charge in [0.2, 0.25) is 0 Å². The predicted octanol–water partition coefficient (Wildman–Crippen LogP) is 2.54. The molecule has 2 rings (SSSR count). The van der Waals surface area contributed by atoms with Gasteiger partial charge in [-0.1, -0.05) is 18.6 Å². The number of aryl methyl sites for hydroxylation is 2. The first-order valence-corrected chi connectivity index (χ1v) is 6.14. The van der Waals surface area contributed by atoms with Crippen LogP contribution < -0.4 is 10.1 Å². The summed E-state index contributed by atoms with van der Waals surface area (Å²) in [6.07, 6.45) is 2.51. The Hall–Kier alpha value is -2.30. The van der Waals surface area contributed by atoms with E-state index in [0.717, 1.165) is 17.5 Å². The SMILES string of the molecule is CCc1cn[nH]c1NC(=O)c1cc(C)ccc1OC. The number of amides is 1. The zero-order valence-corrected chi connectivity index (χ0v) is 11.3. The number of H-pyrrole nitrogens is 1. The fraction of sp³-hybridized carbons (Fsp3) is 0.286. The number of hydrogen-bond acceptors (Lipinski definition) is 3. The molecule has 0 spiro atoms. The molecule has 19 heavy (non-hydrogen) atoms. The van der Waals surface area contributed by atoms with Crippen molar-refractivity contribution in [2.75, 3.05) is 12.4 Å². The van der Waals surface area contributed by atoms with E-state index in [0.29, 0.717) is 17.1 Å².